The summed E-state index contributed by atoms with van der Waals surface area (Å²) < 4.78 is 27.0. The Morgan fingerprint density at radius 3 is 2.00 bits per heavy atom. The Kier molecular flexibility index (Phi) is 3.56. The maximum Gasteiger partial charge on any atom is 0.356 e. The predicted octanol–water partition coefficient (Wildman–Crippen LogP) is 1.11. The molecule has 1 unspecified atom stereocenters. The Balaban J connectivity index is 1.84. The maximum atomic E-state index is 11.5. The molecular weight excluding hydrogens is 268 g/mol. The molecule has 7 nitrogen and oxygen atoms in total. The van der Waals surface area contributed by atoms with Gasteiger partial charge < -0.3 is 14.7 Å². The molecule has 1 saturated heterocycles. The van der Waals surface area contributed by atoms with Gasteiger partial charge in [-0.1, -0.05) is 0 Å². The zero-order valence-corrected chi connectivity index (χ0v) is 11.1. The van der Waals surface area contributed by atoms with E-state index in [1.807, 2.05) is 0 Å². The molecule has 100 valence electrons. The molecule has 9 heteroatoms. The second kappa shape index (κ2) is 4.42. The summed E-state index contributed by atoms with van der Waals surface area (Å²) in [5, 5.41) is 1.36. The number of hydrogen-bond donors (Lipinski definition) is 3. The number of hydrogen-bond acceptors (Lipinski definition) is 4. The van der Waals surface area contributed by atoms with Crippen molar-refractivity contribution in [1.82, 2.24) is 5.06 Å². The van der Waals surface area contributed by atoms with Crippen LogP contribution in [-0.2, 0) is 13.8 Å². The van der Waals surface area contributed by atoms with Gasteiger partial charge in [0.25, 0.3) is 0 Å². The second-order valence-electron chi connectivity index (χ2n) is 4.95. The average molecular weight is 285 g/mol. The first-order chi connectivity index (χ1) is 7.70. The van der Waals surface area contributed by atoms with E-state index < -0.39 is 21.1 Å². The van der Waals surface area contributed by atoms with Crippen LogP contribution in [0.2, 0.25) is 0 Å². The summed E-state index contributed by atoms with van der Waals surface area (Å²) in [4.78, 5) is 26.7. The van der Waals surface area contributed by atoms with Crippen LogP contribution in [0.4, 0.5) is 0 Å². The fourth-order valence-electron chi connectivity index (χ4n) is 2.16. The third-order valence-electron chi connectivity index (χ3n) is 3.35. The lowest BCUT2D eigenvalue weighted by Crippen LogP contribution is -2.33. The highest BCUT2D eigenvalue weighted by molar-refractivity contribution is 7.69. The fraction of sp³-hybridized carbons (Fsp3) is 1.00. The topological polar surface area (TPSA) is 107 Å². The van der Waals surface area contributed by atoms with Crippen molar-refractivity contribution < 1.29 is 28.4 Å². The van der Waals surface area contributed by atoms with Crippen molar-refractivity contribution in [3.8, 4) is 0 Å². The molecule has 0 aromatic rings. The molecule has 2 fully saturated rings. The van der Waals surface area contributed by atoms with Crippen LogP contribution in [0, 0.1) is 5.41 Å². The molecule has 2 rings (SSSR count). The lowest BCUT2D eigenvalue weighted by Gasteiger charge is -2.32. The molecule has 0 radical (unpaired) electrons. The first kappa shape index (κ1) is 13.7. The number of nitrogens with zero attached hydrogens (tertiary/aromatic N) is 1. The van der Waals surface area contributed by atoms with Gasteiger partial charge in [0.1, 0.15) is 0 Å². The summed E-state index contributed by atoms with van der Waals surface area (Å²) in [5.74, 6) is -1.12. The predicted molar refractivity (Wildman–Crippen MR) is 60.3 cm³/mol. The normalized spacial score (nSPS) is 27.9. The van der Waals surface area contributed by atoms with Gasteiger partial charge in [0.05, 0.1) is 0 Å². The molecule has 1 heterocycles. The minimum Gasteiger partial charge on any atom is -0.324 e. The third-order valence-corrected chi connectivity index (χ3v) is 6.74. The molecule has 1 aliphatic heterocycles. The number of rotatable bonds is 4. The third kappa shape index (κ3) is 4.14. The standard InChI is InChI=1S/C8H17NO6P2/c10-16(11,12)7-17(13,14)15-9-5-3-8(1-2-8)4-6-9/h1-7H2,(H,13,14)(H2,10,11,12). The average Bonchev–Trinajstić information content (AvgIpc) is 2.85. The van der Waals surface area contributed by atoms with Gasteiger partial charge in [0.15, 0.2) is 5.90 Å². The highest BCUT2D eigenvalue weighted by Crippen LogP contribution is 2.58. The molecule has 0 aromatic carbocycles. The summed E-state index contributed by atoms with van der Waals surface area (Å²) in [6.07, 6.45) is 4.26. The minimum absolute atomic E-state index is 0.419. The van der Waals surface area contributed by atoms with Gasteiger partial charge in [0.2, 0.25) is 0 Å². The van der Waals surface area contributed by atoms with Crippen molar-refractivity contribution in [3.05, 3.63) is 0 Å². The first-order valence-corrected chi connectivity index (χ1v) is 9.07. The van der Waals surface area contributed by atoms with Crippen LogP contribution < -0.4 is 0 Å². The van der Waals surface area contributed by atoms with Crippen LogP contribution in [-0.4, -0.2) is 38.7 Å². The summed E-state index contributed by atoms with van der Waals surface area (Å²) >= 11 is 0. The maximum absolute atomic E-state index is 11.5. The summed E-state index contributed by atoms with van der Waals surface area (Å²) in [6, 6.07) is 0. The molecule has 3 N–H and O–H groups in total. The SMILES string of the molecule is O=P(O)(O)CP(=O)(O)ON1CCC2(CC1)CC2. The van der Waals surface area contributed by atoms with Gasteiger partial charge in [0, 0.05) is 13.1 Å². The van der Waals surface area contributed by atoms with E-state index in [0.717, 1.165) is 12.8 Å². The van der Waals surface area contributed by atoms with Gasteiger partial charge in [-0.15, -0.1) is 0 Å². The van der Waals surface area contributed by atoms with E-state index in [9.17, 15) is 14.0 Å². The van der Waals surface area contributed by atoms with Crippen LogP contribution in [0.25, 0.3) is 0 Å². The van der Waals surface area contributed by atoms with E-state index in [2.05, 4.69) is 0 Å². The van der Waals surface area contributed by atoms with E-state index in [0.29, 0.717) is 18.5 Å². The molecule has 0 amide bonds. The smallest absolute Gasteiger partial charge is 0.324 e. The lowest BCUT2D eigenvalue weighted by atomic mass is 9.95. The molecule has 2 aliphatic rings. The lowest BCUT2D eigenvalue weighted by molar-refractivity contribution is -0.0913. The molecule has 17 heavy (non-hydrogen) atoms. The van der Waals surface area contributed by atoms with Gasteiger partial charge in [-0.3, -0.25) is 9.13 Å². The van der Waals surface area contributed by atoms with Gasteiger partial charge in [-0.25, -0.2) is 4.62 Å². The van der Waals surface area contributed by atoms with E-state index in [1.165, 1.54) is 17.9 Å². The molecule has 0 aromatic heterocycles. The molecular formula is C8H17NO6P2. The Labute approximate surface area is 99.4 Å². The van der Waals surface area contributed by atoms with Crippen molar-refractivity contribution in [2.45, 2.75) is 25.7 Å². The van der Waals surface area contributed by atoms with Crippen LogP contribution in [0.5, 0.6) is 0 Å². The van der Waals surface area contributed by atoms with E-state index in [-0.39, 0.29) is 0 Å². The monoisotopic (exact) mass is 285 g/mol. The highest BCUT2D eigenvalue weighted by atomic mass is 31.2. The number of piperidine rings is 1. The second-order valence-corrected chi connectivity index (χ2v) is 8.85. The van der Waals surface area contributed by atoms with Crippen molar-refractivity contribution in [2.75, 3.05) is 19.0 Å². The molecule has 1 saturated carbocycles. The minimum atomic E-state index is -4.53. The van der Waals surface area contributed by atoms with Crippen molar-refractivity contribution >= 4 is 15.2 Å². The molecule has 0 bridgehead atoms. The summed E-state index contributed by atoms with van der Waals surface area (Å²) in [5.41, 5.74) is 0.419. The fourth-order valence-corrected chi connectivity index (χ4v) is 4.75. The van der Waals surface area contributed by atoms with Crippen molar-refractivity contribution in [3.63, 3.8) is 0 Å². The van der Waals surface area contributed by atoms with Gasteiger partial charge >= 0.3 is 15.2 Å². The molecule has 1 spiro atoms. The Morgan fingerprint density at radius 2 is 1.59 bits per heavy atom. The Bertz CT molecular complexity index is 379. The highest BCUT2D eigenvalue weighted by Gasteiger charge is 2.45. The zero-order chi connectivity index (χ0) is 12.7. The van der Waals surface area contributed by atoms with E-state index >= 15 is 0 Å². The number of hydroxylamine groups is 2. The first-order valence-electron chi connectivity index (χ1n) is 5.51. The largest absolute Gasteiger partial charge is 0.356 e. The van der Waals surface area contributed by atoms with Crippen LogP contribution in [0.15, 0.2) is 0 Å². The van der Waals surface area contributed by atoms with Crippen molar-refractivity contribution in [2.24, 2.45) is 5.41 Å². The van der Waals surface area contributed by atoms with E-state index in [4.69, 9.17) is 14.4 Å². The molecule has 1 atom stereocenters. The Hall–Kier alpha value is 0.260. The van der Waals surface area contributed by atoms with Crippen LogP contribution in [0.3, 0.4) is 0 Å². The van der Waals surface area contributed by atoms with Crippen molar-refractivity contribution in [1.29, 1.82) is 0 Å². The quantitative estimate of drug-likeness (QED) is 0.664. The van der Waals surface area contributed by atoms with Gasteiger partial charge in [-0.2, -0.15) is 5.06 Å². The summed E-state index contributed by atoms with van der Waals surface area (Å²) in [7, 11) is -8.77. The van der Waals surface area contributed by atoms with Gasteiger partial charge in [-0.05, 0) is 31.1 Å². The Morgan fingerprint density at radius 1 is 1.06 bits per heavy atom. The van der Waals surface area contributed by atoms with Crippen LogP contribution in [0.1, 0.15) is 25.7 Å². The molecule has 1 aliphatic carbocycles. The van der Waals surface area contributed by atoms with E-state index in [1.54, 1.807) is 0 Å². The summed E-state index contributed by atoms with van der Waals surface area (Å²) in [6.45, 7) is 1.09. The van der Waals surface area contributed by atoms with Crippen LogP contribution >= 0.6 is 15.2 Å². The zero-order valence-electron chi connectivity index (χ0n) is 9.36.